The highest BCUT2D eigenvalue weighted by Crippen LogP contribution is 2.38. The van der Waals surface area contributed by atoms with Gasteiger partial charge in [0.15, 0.2) is 11.5 Å². The summed E-state index contributed by atoms with van der Waals surface area (Å²) in [4.78, 5) is 9.97. The molecule has 4 nitrogen and oxygen atoms in total. The Hall–Kier alpha value is -4.51. The number of pyridine rings is 1. The Balaban J connectivity index is 1.61. The maximum absolute atomic E-state index is 13.9. The number of para-hydroxylation sites is 3. The summed E-state index contributed by atoms with van der Waals surface area (Å²) >= 11 is 0. The van der Waals surface area contributed by atoms with E-state index in [9.17, 15) is 4.39 Å². The zero-order valence-corrected chi connectivity index (χ0v) is 17.4. The van der Waals surface area contributed by atoms with Crippen LogP contribution in [0.1, 0.15) is 0 Å². The van der Waals surface area contributed by atoms with Gasteiger partial charge in [-0.05, 0) is 42.5 Å². The molecule has 7 aromatic rings. The van der Waals surface area contributed by atoms with Gasteiger partial charge in [0, 0.05) is 27.9 Å². The molecule has 0 atom stereocenters. The van der Waals surface area contributed by atoms with Gasteiger partial charge in [0.1, 0.15) is 22.5 Å². The van der Waals surface area contributed by atoms with Crippen molar-refractivity contribution in [3.05, 3.63) is 103 Å². The molecule has 7 rings (SSSR count). The molecule has 0 saturated carbocycles. The summed E-state index contributed by atoms with van der Waals surface area (Å²) < 4.78 is 22.1. The van der Waals surface area contributed by atoms with Gasteiger partial charge in [-0.1, -0.05) is 48.5 Å². The van der Waals surface area contributed by atoms with E-state index in [1.807, 2.05) is 72.8 Å². The highest BCUT2D eigenvalue weighted by molar-refractivity contribution is 6.09. The van der Waals surface area contributed by atoms with E-state index >= 15 is 0 Å². The molecule has 0 fully saturated rings. The minimum absolute atomic E-state index is 0.324. The highest BCUT2D eigenvalue weighted by Gasteiger charge is 2.20. The average Bonchev–Trinajstić information content (AvgIpc) is 3.40. The van der Waals surface area contributed by atoms with Crippen LogP contribution >= 0.6 is 0 Å². The zero-order valence-electron chi connectivity index (χ0n) is 17.4. The number of hydrogen-bond acceptors (Lipinski definition) is 3. The molecule has 0 N–H and O–H groups in total. The fourth-order valence-electron chi connectivity index (χ4n) is 4.56. The van der Waals surface area contributed by atoms with Crippen molar-refractivity contribution in [2.45, 2.75) is 0 Å². The fraction of sp³-hybridized carbons (Fsp3) is 0. The molecule has 0 aliphatic heterocycles. The largest absolute Gasteiger partial charge is 0.455 e. The number of imidazole rings is 1. The molecule has 0 saturated heterocycles. The van der Waals surface area contributed by atoms with E-state index in [0.29, 0.717) is 11.2 Å². The molecule has 0 bridgehead atoms. The van der Waals surface area contributed by atoms with Crippen LogP contribution in [-0.2, 0) is 0 Å². The number of benzene rings is 4. The molecule has 0 spiro atoms. The van der Waals surface area contributed by atoms with Gasteiger partial charge in [-0.15, -0.1) is 0 Å². The Kier molecular flexibility index (Phi) is 3.70. The Morgan fingerprint density at radius 3 is 2.45 bits per heavy atom. The van der Waals surface area contributed by atoms with E-state index in [4.69, 9.17) is 14.4 Å². The van der Waals surface area contributed by atoms with Gasteiger partial charge in [0.05, 0.1) is 11.1 Å². The molecular formula is C28H16FN3O. The lowest BCUT2D eigenvalue weighted by molar-refractivity contribution is 0.618. The summed E-state index contributed by atoms with van der Waals surface area (Å²) in [5.41, 5.74) is 5.46. The van der Waals surface area contributed by atoms with Crippen molar-refractivity contribution in [1.82, 2.24) is 14.5 Å². The van der Waals surface area contributed by atoms with Gasteiger partial charge in [-0.2, -0.15) is 0 Å². The number of nitrogens with zero attached hydrogens (tertiary/aromatic N) is 3. The Labute approximate surface area is 187 Å². The molecule has 0 radical (unpaired) electrons. The minimum atomic E-state index is -0.324. The molecule has 3 heterocycles. The predicted octanol–water partition coefficient (Wildman–Crippen LogP) is 7.28. The first-order chi connectivity index (χ1) is 16.3. The summed E-state index contributed by atoms with van der Waals surface area (Å²) in [5.74, 6) is 0.402. The number of rotatable bonds is 2. The van der Waals surface area contributed by atoms with E-state index in [-0.39, 0.29) is 5.82 Å². The highest BCUT2D eigenvalue weighted by atomic mass is 19.1. The van der Waals surface area contributed by atoms with Crippen LogP contribution in [0.15, 0.2) is 101 Å². The summed E-state index contributed by atoms with van der Waals surface area (Å²) in [7, 11) is 0. The number of hydrogen-bond donors (Lipinski definition) is 0. The second-order valence-electron chi connectivity index (χ2n) is 8.05. The second-order valence-corrected chi connectivity index (χ2v) is 8.05. The Morgan fingerprint density at radius 2 is 1.55 bits per heavy atom. The lowest BCUT2D eigenvalue weighted by Crippen LogP contribution is -1.99. The van der Waals surface area contributed by atoms with Crippen molar-refractivity contribution in [2.24, 2.45) is 0 Å². The Bertz CT molecular complexity index is 1830. The lowest BCUT2D eigenvalue weighted by Gasteiger charge is -2.09. The van der Waals surface area contributed by atoms with Crippen LogP contribution < -0.4 is 0 Å². The normalized spacial score (nSPS) is 11.8. The molecule has 0 unspecified atom stereocenters. The fourth-order valence-corrected chi connectivity index (χ4v) is 4.56. The third-order valence-electron chi connectivity index (χ3n) is 6.05. The second kappa shape index (κ2) is 6.74. The molecule has 3 aromatic heterocycles. The number of furan rings is 1. The van der Waals surface area contributed by atoms with E-state index in [2.05, 4.69) is 10.6 Å². The molecule has 4 aromatic carbocycles. The SMILES string of the molecule is Fc1ccc2c(c1)oc1c(-c3nc4cc5ccccc5nc4n3-c3ccccc3)cccc12. The molecule has 156 valence electrons. The van der Waals surface area contributed by atoms with Crippen LogP contribution in [0.5, 0.6) is 0 Å². The molecule has 0 aliphatic rings. The summed E-state index contributed by atoms with van der Waals surface area (Å²) in [6, 6.07) is 30.7. The third-order valence-corrected chi connectivity index (χ3v) is 6.05. The van der Waals surface area contributed by atoms with E-state index in [1.54, 1.807) is 6.07 Å². The van der Waals surface area contributed by atoms with E-state index in [1.165, 1.54) is 12.1 Å². The average molecular weight is 429 g/mol. The Morgan fingerprint density at radius 1 is 0.697 bits per heavy atom. The zero-order chi connectivity index (χ0) is 21.9. The number of aromatic nitrogens is 3. The number of fused-ring (bicyclic) bond motifs is 5. The van der Waals surface area contributed by atoms with Crippen LogP contribution in [0.2, 0.25) is 0 Å². The van der Waals surface area contributed by atoms with Crippen LogP contribution in [0.3, 0.4) is 0 Å². The van der Waals surface area contributed by atoms with Crippen molar-refractivity contribution in [1.29, 1.82) is 0 Å². The van der Waals surface area contributed by atoms with Crippen LogP contribution in [0, 0.1) is 5.82 Å². The van der Waals surface area contributed by atoms with Crippen molar-refractivity contribution in [3.8, 4) is 17.1 Å². The van der Waals surface area contributed by atoms with Gasteiger partial charge < -0.3 is 4.42 Å². The minimum Gasteiger partial charge on any atom is -0.455 e. The summed E-state index contributed by atoms with van der Waals surface area (Å²) in [5, 5.41) is 2.83. The molecular weight excluding hydrogens is 413 g/mol. The molecule has 5 heteroatoms. The quantitative estimate of drug-likeness (QED) is 0.290. The maximum atomic E-state index is 13.9. The van der Waals surface area contributed by atoms with Gasteiger partial charge in [0.2, 0.25) is 0 Å². The summed E-state index contributed by atoms with van der Waals surface area (Å²) in [6.45, 7) is 0. The molecule has 0 aliphatic carbocycles. The molecule has 0 amide bonds. The first kappa shape index (κ1) is 18.1. The first-order valence-corrected chi connectivity index (χ1v) is 10.7. The smallest absolute Gasteiger partial charge is 0.165 e. The van der Waals surface area contributed by atoms with Gasteiger partial charge >= 0.3 is 0 Å². The van der Waals surface area contributed by atoms with Crippen molar-refractivity contribution < 1.29 is 8.81 Å². The molecule has 33 heavy (non-hydrogen) atoms. The first-order valence-electron chi connectivity index (χ1n) is 10.7. The van der Waals surface area contributed by atoms with Crippen molar-refractivity contribution >= 4 is 44.0 Å². The lowest BCUT2D eigenvalue weighted by atomic mass is 10.1. The number of halogens is 1. The third kappa shape index (κ3) is 2.69. The van der Waals surface area contributed by atoms with Gasteiger partial charge in [-0.25, -0.2) is 14.4 Å². The van der Waals surface area contributed by atoms with Crippen molar-refractivity contribution in [2.75, 3.05) is 0 Å². The van der Waals surface area contributed by atoms with Gasteiger partial charge in [0.25, 0.3) is 0 Å². The van der Waals surface area contributed by atoms with E-state index < -0.39 is 0 Å². The van der Waals surface area contributed by atoms with Crippen LogP contribution in [0.4, 0.5) is 4.39 Å². The van der Waals surface area contributed by atoms with Crippen LogP contribution in [-0.4, -0.2) is 14.5 Å². The topological polar surface area (TPSA) is 43.9 Å². The standard InChI is InChI=1S/C28H16FN3O/c29-18-13-14-20-21-10-6-11-22(26(21)33-25(20)16-18)27-31-24-15-17-7-4-5-12-23(17)30-28(24)32(27)19-8-2-1-3-9-19/h1-16H. The summed E-state index contributed by atoms with van der Waals surface area (Å²) in [6.07, 6.45) is 0. The maximum Gasteiger partial charge on any atom is 0.165 e. The monoisotopic (exact) mass is 429 g/mol. The van der Waals surface area contributed by atoms with Crippen molar-refractivity contribution in [3.63, 3.8) is 0 Å². The van der Waals surface area contributed by atoms with Crippen LogP contribution in [0.25, 0.3) is 61.1 Å². The van der Waals surface area contributed by atoms with E-state index in [0.717, 1.165) is 49.9 Å². The van der Waals surface area contributed by atoms with Gasteiger partial charge in [-0.3, -0.25) is 4.57 Å². The predicted molar refractivity (Wildman–Crippen MR) is 129 cm³/mol.